The molecule has 0 aliphatic rings. The summed E-state index contributed by atoms with van der Waals surface area (Å²) in [7, 11) is -3.83. The summed E-state index contributed by atoms with van der Waals surface area (Å²) in [5, 5.41) is 0. The zero-order chi connectivity index (χ0) is 22.1. The Morgan fingerprint density at radius 2 is 1.38 bits per heavy atom. The number of ether oxygens (including phenoxy) is 1. The monoisotopic (exact) mass is 436 g/mol. The van der Waals surface area contributed by atoms with E-state index >= 15 is 0 Å². The van der Waals surface area contributed by atoms with Crippen molar-refractivity contribution in [2.45, 2.75) is 73.7 Å². The molecule has 6 heteroatoms. The van der Waals surface area contributed by atoms with Crippen LogP contribution in [0.5, 0.6) is 0 Å². The summed E-state index contributed by atoms with van der Waals surface area (Å²) in [6.07, 6.45) is 1.52. The fraction of sp³-hybridized carbons (Fsp3) is 0.478. The average Bonchev–Trinajstić information content (AvgIpc) is 2.66. The molecule has 1 unspecified atom stereocenters. The van der Waals surface area contributed by atoms with Gasteiger partial charge in [-0.3, -0.25) is 4.21 Å². The summed E-state index contributed by atoms with van der Waals surface area (Å²) in [5.74, 6) is -0.0393. The van der Waals surface area contributed by atoms with Crippen molar-refractivity contribution >= 4 is 20.6 Å². The summed E-state index contributed by atoms with van der Waals surface area (Å²) < 4.78 is 46.6. The first kappa shape index (κ1) is 23.8. The number of sulfone groups is 1. The number of hydrogen-bond donors (Lipinski definition) is 0. The van der Waals surface area contributed by atoms with Crippen LogP contribution in [0, 0.1) is 0 Å². The van der Waals surface area contributed by atoms with E-state index in [1.165, 1.54) is 6.26 Å². The molecule has 160 valence electrons. The lowest BCUT2D eigenvalue weighted by atomic mass is 9.92. The molecule has 0 N–H and O–H groups in total. The van der Waals surface area contributed by atoms with Gasteiger partial charge in [-0.25, -0.2) is 8.42 Å². The van der Waals surface area contributed by atoms with E-state index in [1.807, 2.05) is 65.8 Å². The zero-order valence-corrected chi connectivity index (χ0v) is 20.2. The summed E-state index contributed by atoms with van der Waals surface area (Å²) in [5.41, 5.74) is 1.22. The second-order valence-electron chi connectivity index (χ2n) is 8.38. The van der Waals surface area contributed by atoms with E-state index < -0.39 is 26.2 Å². The third-order valence-electron chi connectivity index (χ3n) is 5.30. The van der Waals surface area contributed by atoms with Crippen LogP contribution in [0.25, 0.3) is 0 Å². The maximum atomic E-state index is 14.2. The highest BCUT2D eigenvalue weighted by Gasteiger charge is 2.36. The van der Waals surface area contributed by atoms with Gasteiger partial charge in [-0.15, -0.1) is 0 Å². The molecule has 2 rings (SSSR count). The molecule has 0 aliphatic carbocycles. The van der Waals surface area contributed by atoms with Crippen molar-refractivity contribution in [3.05, 3.63) is 53.1 Å². The summed E-state index contributed by atoms with van der Waals surface area (Å²) >= 11 is 0. The molecule has 0 radical (unpaired) electrons. The van der Waals surface area contributed by atoms with Gasteiger partial charge < -0.3 is 4.74 Å². The van der Waals surface area contributed by atoms with Crippen LogP contribution in [-0.2, 0) is 31.0 Å². The normalized spacial score (nSPS) is 13.9. The van der Waals surface area contributed by atoms with E-state index in [9.17, 15) is 12.6 Å². The van der Waals surface area contributed by atoms with Crippen LogP contribution in [-0.4, -0.2) is 26.0 Å². The smallest absolute Gasteiger partial charge is 0.208 e. The molecule has 0 saturated heterocycles. The van der Waals surface area contributed by atoms with Gasteiger partial charge in [0.05, 0.1) is 31.1 Å². The largest absolute Gasteiger partial charge is 0.374 e. The Morgan fingerprint density at radius 1 is 0.897 bits per heavy atom. The molecule has 2 aromatic rings. The fourth-order valence-electron chi connectivity index (χ4n) is 3.50. The maximum absolute atomic E-state index is 14.2. The Labute approximate surface area is 178 Å². The first-order chi connectivity index (χ1) is 13.4. The van der Waals surface area contributed by atoms with Gasteiger partial charge in [0.15, 0.2) is 0 Å². The molecule has 0 amide bonds. The van der Waals surface area contributed by atoms with Gasteiger partial charge in [-0.1, -0.05) is 58.0 Å². The minimum Gasteiger partial charge on any atom is -0.374 e. The minimum atomic E-state index is -3.96. The standard InChI is InChI=1S/C23H32O4S2/c1-15(2)17-11-9-13-19(23(5,6)27-7)21(17)29(25,26)22-18(16(3)4)12-10-14-20(22)28(8)24/h9-16H,1-8H3. The van der Waals surface area contributed by atoms with E-state index in [0.717, 1.165) is 5.56 Å². The first-order valence-corrected chi connectivity index (χ1v) is 12.8. The molecule has 2 aromatic carbocycles. The number of benzene rings is 2. The highest BCUT2D eigenvalue weighted by Crippen LogP contribution is 2.41. The Balaban J connectivity index is 3.05. The van der Waals surface area contributed by atoms with Gasteiger partial charge in [0.25, 0.3) is 0 Å². The average molecular weight is 437 g/mol. The van der Waals surface area contributed by atoms with E-state index in [2.05, 4.69) is 0 Å². The van der Waals surface area contributed by atoms with Crippen LogP contribution in [0.1, 0.15) is 70.1 Å². The lowest BCUT2D eigenvalue weighted by Crippen LogP contribution is -2.25. The van der Waals surface area contributed by atoms with Crippen molar-refractivity contribution in [3.63, 3.8) is 0 Å². The van der Waals surface area contributed by atoms with E-state index in [-0.39, 0.29) is 21.6 Å². The van der Waals surface area contributed by atoms with Gasteiger partial charge in [-0.2, -0.15) is 0 Å². The van der Waals surface area contributed by atoms with E-state index in [4.69, 9.17) is 4.74 Å². The predicted octanol–water partition coefficient (Wildman–Crippen LogP) is 5.39. The van der Waals surface area contributed by atoms with Gasteiger partial charge >= 0.3 is 0 Å². The summed E-state index contributed by atoms with van der Waals surface area (Å²) in [4.78, 5) is 0.773. The van der Waals surface area contributed by atoms with Crippen molar-refractivity contribution in [1.82, 2.24) is 0 Å². The number of methoxy groups -OCH3 is 1. The number of hydrogen-bond acceptors (Lipinski definition) is 4. The van der Waals surface area contributed by atoms with Crippen molar-refractivity contribution < 1.29 is 17.4 Å². The molecule has 0 aliphatic heterocycles. The molecular formula is C23H32O4S2. The molecular weight excluding hydrogens is 404 g/mol. The quantitative estimate of drug-likeness (QED) is 0.584. The van der Waals surface area contributed by atoms with Gasteiger partial charge in [0, 0.05) is 18.9 Å². The van der Waals surface area contributed by atoms with E-state index in [1.54, 1.807) is 19.2 Å². The van der Waals surface area contributed by atoms with Crippen molar-refractivity contribution in [1.29, 1.82) is 0 Å². The first-order valence-electron chi connectivity index (χ1n) is 9.76. The molecule has 0 bridgehead atoms. The highest BCUT2D eigenvalue weighted by atomic mass is 32.2. The predicted molar refractivity (Wildman–Crippen MR) is 119 cm³/mol. The molecule has 1 atom stereocenters. The van der Waals surface area contributed by atoms with Gasteiger partial charge in [0.2, 0.25) is 9.84 Å². The lowest BCUT2D eigenvalue weighted by molar-refractivity contribution is 0.0167. The molecule has 4 nitrogen and oxygen atoms in total. The highest BCUT2D eigenvalue weighted by molar-refractivity contribution is 7.92. The van der Waals surface area contributed by atoms with Gasteiger partial charge in [-0.05, 0) is 42.9 Å². The van der Waals surface area contributed by atoms with E-state index in [0.29, 0.717) is 16.0 Å². The Morgan fingerprint density at radius 3 is 1.83 bits per heavy atom. The van der Waals surface area contributed by atoms with Crippen molar-refractivity contribution in [2.75, 3.05) is 13.4 Å². The molecule has 29 heavy (non-hydrogen) atoms. The third kappa shape index (κ3) is 4.49. The molecule has 0 spiro atoms. The fourth-order valence-corrected chi connectivity index (χ4v) is 7.20. The number of rotatable bonds is 7. The van der Waals surface area contributed by atoms with Crippen LogP contribution in [0.15, 0.2) is 51.1 Å². The van der Waals surface area contributed by atoms with Crippen LogP contribution < -0.4 is 0 Å². The maximum Gasteiger partial charge on any atom is 0.208 e. The van der Waals surface area contributed by atoms with Crippen LogP contribution in [0.3, 0.4) is 0 Å². The molecule has 0 fully saturated rings. The van der Waals surface area contributed by atoms with Crippen molar-refractivity contribution in [2.24, 2.45) is 0 Å². The third-order valence-corrected chi connectivity index (χ3v) is 8.38. The second-order valence-corrected chi connectivity index (χ2v) is 11.6. The minimum absolute atomic E-state index is 0.00540. The topological polar surface area (TPSA) is 60.4 Å². The summed E-state index contributed by atoms with van der Waals surface area (Å²) in [6, 6.07) is 10.8. The molecule has 0 aromatic heterocycles. The Hall–Kier alpha value is -1.50. The SMILES string of the molecule is COC(C)(C)c1cccc(C(C)C)c1S(=O)(=O)c1c(C(C)C)cccc1S(C)=O. The Kier molecular flexibility index (Phi) is 7.13. The zero-order valence-electron chi connectivity index (χ0n) is 18.6. The van der Waals surface area contributed by atoms with Crippen molar-refractivity contribution in [3.8, 4) is 0 Å². The lowest BCUT2D eigenvalue weighted by Gasteiger charge is -2.29. The molecule has 0 heterocycles. The van der Waals surface area contributed by atoms with Crippen LogP contribution in [0.2, 0.25) is 0 Å². The second kappa shape index (κ2) is 8.70. The van der Waals surface area contributed by atoms with Crippen LogP contribution >= 0.6 is 0 Å². The molecule has 0 saturated carbocycles. The Bertz CT molecular complexity index is 1020. The van der Waals surface area contributed by atoms with Gasteiger partial charge in [0.1, 0.15) is 0 Å². The summed E-state index contributed by atoms with van der Waals surface area (Å²) in [6.45, 7) is 11.6. The van der Waals surface area contributed by atoms with Crippen LogP contribution in [0.4, 0.5) is 0 Å².